The molecule has 0 spiro atoms. The fourth-order valence-electron chi connectivity index (χ4n) is 2.29. The third-order valence-corrected chi connectivity index (χ3v) is 4.34. The summed E-state index contributed by atoms with van der Waals surface area (Å²) >= 11 is 1.65. The Labute approximate surface area is 118 Å². The van der Waals surface area contributed by atoms with Gasteiger partial charge in [0.2, 0.25) is 11.8 Å². The Morgan fingerprint density at radius 3 is 2.72 bits per heavy atom. The van der Waals surface area contributed by atoms with Crippen molar-refractivity contribution in [3.63, 3.8) is 0 Å². The second-order valence-electron chi connectivity index (χ2n) is 4.57. The summed E-state index contributed by atoms with van der Waals surface area (Å²) in [6, 6.07) is -0.166. The van der Waals surface area contributed by atoms with E-state index < -0.39 is 0 Å². The minimum atomic E-state index is -0.266. The predicted molar refractivity (Wildman–Crippen MR) is 74.7 cm³/mol. The van der Waals surface area contributed by atoms with E-state index in [0.29, 0.717) is 18.8 Å². The number of halogens is 1. The highest BCUT2D eigenvalue weighted by atomic mass is 35.5. The van der Waals surface area contributed by atoms with Crippen LogP contribution in [0.15, 0.2) is 0 Å². The van der Waals surface area contributed by atoms with E-state index in [-0.39, 0.29) is 36.3 Å². The van der Waals surface area contributed by atoms with E-state index in [1.165, 1.54) is 0 Å². The summed E-state index contributed by atoms with van der Waals surface area (Å²) in [5, 5.41) is 0. The van der Waals surface area contributed by atoms with Crippen LogP contribution < -0.4 is 5.73 Å². The van der Waals surface area contributed by atoms with Crippen LogP contribution in [0.1, 0.15) is 19.8 Å². The van der Waals surface area contributed by atoms with Crippen LogP contribution in [-0.4, -0.2) is 58.4 Å². The van der Waals surface area contributed by atoms with E-state index >= 15 is 0 Å². The lowest BCUT2D eigenvalue weighted by atomic mass is 10.2. The summed E-state index contributed by atoms with van der Waals surface area (Å²) in [5.41, 5.74) is 5.80. The van der Waals surface area contributed by atoms with Crippen molar-refractivity contribution in [2.75, 3.05) is 24.7 Å². The smallest absolute Gasteiger partial charge is 0.246 e. The molecule has 1 unspecified atom stereocenters. The van der Waals surface area contributed by atoms with Gasteiger partial charge in [0.05, 0.1) is 5.88 Å². The van der Waals surface area contributed by atoms with E-state index in [9.17, 15) is 9.59 Å². The molecular weight excluding hydrogens is 274 g/mol. The van der Waals surface area contributed by atoms with E-state index in [2.05, 4.69) is 0 Å². The minimum Gasteiger partial charge on any atom is -0.339 e. The van der Waals surface area contributed by atoms with Gasteiger partial charge in [0.15, 0.2) is 0 Å². The van der Waals surface area contributed by atoms with Gasteiger partial charge in [-0.2, -0.15) is 0 Å². The van der Waals surface area contributed by atoms with Crippen molar-refractivity contribution in [1.82, 2.24) is 9.80 Å². The number of rotatable bonds is 2. The summed E-state index contributed by atoms with van der Waals surface area (Å²) < 4.78 is 0. The molecule has 2 amide bonds. The SMILES string of the molecule is CCC(=O)N1CSCC1C(=O)N1CC[C@@H](N)C1.Cl. The Morgan fingerprint density at radius 2 is 2.17 bits per heavy atom. The first-order valence-electron chi connectivity index (χ1n) is 6.05. The highest BCUT2D eigenvalue weighted by molar-refractivity contribution is 7.99. The lowest BCUT2D eigenvalue weighted by Crippen LogP contribution is -2.48. The van der Waals surface area contributed by atoms with Crippen molar-refractivity contribution in [2.45, 2.75) is 31.8 Å². The lowest BCUT2D eigenvalue weighted by Gasteiger charge is -2.26. The summed E-state index contributed by atoms with van der Waals surface area (Å²) in [7, 11) is 0. The van der Waals surface area contributed by atoms with Gasteiger partial charge in [-0.1, -0.05) is 6.92 Å². The molecule has 2 aliphatic rings. The number of hydrogen-bond acceptors (Lipinski definition) is 4. The van der Waals surface area contributed by atoms with E-state index in [4.69, 9.17) is 5.73 Å². The van der Waals surface area contributed by atoms with Gasteiger partial charge < -0.3 is 15.5 Å². The molecule has 2 aliphatic heterocycles. The van der Waals surface area contributed by atoms with Crippen molar-refractivity contribution in [3.05, 3.63) is 0 Å². The molecule has 0 aromatic heterocycles. The third-order valence-electron chi connectivity index (χ3n) is 3.33. The molecule has 0 radical (unpaired) electrons. The van der Waals surface area contributed by atoms with Gasteiger partial charge in [-0.25, -0.2) is 0 Å². The number of hydrogen-bond donors (Lipinski definition) is 1. The average Bonchev–Trinajstić information content (AvgIpc) is 2.95. The Morgan fingerprint density at radius 1 is 1.44 bits per heavy atom. The molecular formula is C11H20ClN3O2S. The minimum absolute atomic E-state index is 0. The normalized spacial score (nSPS) is 27.2. The molecule has 2 rings (SSSR count). The van der Waals surface area contributed by atoms with Gasteiger partial charge in [-0.05, 0) is 6.42 Å². The van der Waals surface area contributed by atoms with Crippen molar-refractivity contribution in [2.24, 2.45) is 5.73 Å². The molecule has 5 nitrogen and oxygen atoms in total. The predicted octanol–water partition coefficient (Wildman–Crippen LogP) is 0.279. The maximum atomic E-state index is 12.3. The van der Waals surface area contributed by atoms with Gasteiger partial charge in [-0.15, -0.1) is 24.2 Å². The van der Waals surface area contributed by atoms with Gasteiger partial charge >= 0.3 is 0 Å². The van der Waals surface area contributed by atoms with E-state index in [1.54, 1.807) is 21.6 Å². The topological polar surface area (TPSA) is 66.6 Å². The number of likely N-dealkylation sites (tertiary alicyclic amines) is 1. The average molecular weight is 294 g/mol. The second kappa shape index (κ2) is 6.63. The molecule has 0 aromatic rings. The summed E-state index contributed by atoms with van der Waals surface area (Å²) in [5.74, 6) is 1.50. The van der Waals surface area contributed by atoms with Gasteiger partial charge in [0.1, 0.15) is 6.04 Å². The highest BCUT2D eigenvalue weighted by Crippen LogP contribution is 2.24. The van der Waals surface area contributed by atoms with Gasteiger partial charge in [0.25, 0.3) is 0 Å². The number of thioether (sulfide) groups is 1. The molecule has 2 saturated heterocycles. The van der Waals surface area contributed by atoms with Crippen LogP contribution in [0.4, 0.5) is 0 Å². The van der Waals surface area contributed by atoms with E-state index in [0.717, 1.165) is 18.7 Å². The quantitative estimate of drug-likeness (QED) is 0.794. The Bertz CT molecular complexity index is 329. The van der Waals surface area contributed by atoms with Crippen LogP contribution in [-0.2, 0) is 9.59 Å². The molecule has 0 aromatic carbocycles. The van der Waals surface area contributed by atoms with Crippen LogP contribution in [0, 0.1) is 0 Å². The van der Waals surface area contributed by atoms with Crippen molar-refractivity contribution < 1.29 is 9.59 Å². The maximum Gasteiger partial charge on any atom is 0.246 e. The Kier molecular flexibility index (Phi) is 5.75. The van der Waals surface area contributed by atoms with Crippen LogP contribution >= 0.6 is 24.2 Å². The molecule has 7 heteroatoms. The molecule has 104 valence electrons. The zero-order chi connectivity index (χ0) is 12.4. The molecule has 0 bridgehead atoms. The Balaban J connectivity index is 0.00000162. The van der Waals surface area contributed by atoms with E-state index in [1.807, 2.05) is 6.92 Å². The first-order valence-corrected chi connectivity index (χ1v) is 7.20. The zero-order valence-electron chi connectivity index (χ0n) is 10.5. The van der Waals surface area contributed by atoms with Crippen LogP contribution in [0.5, 0.6) is 0 Å². The van der Waals surface area contributed by atoms with Gasteiger partial charge in [0, 0.05) is 31.3 Å². The van der Waals surface area contributed by atoms with Crippen molar-refractivity contribution >= 4 is 36.0 Å². The van der Waals surface area contributed by atoms with Crippen LogP contribution in [0.25, 0.3) is 0 Å². The van der Waals surface area contributed by atoms with Crippen LogP contribution in [0.3, 0.4) is 0 Å². The second-order valence-corrected chi connectivity index (χ2v) is 5.57. The lowest BCUT2D eigenvalue weighted by molar-refractivity contribution is -0.142. The van der Waals surface area contributed by atoms with Crippen LogP contribution in [0.2, 0.25) is 0 Å². The summed E-state index contributed by atoms with van der Waals surface area (Å²) in [6.07, 6.45) is 1.33. The molecule has 0 saturated carbocycles. The number of nitrogens with two attached hydrogens (primary N) is 1. The van der Waals surface area contributed by atoms with Crippen molar-refractivity contribution in [3.8, 4) is 0 Å². The standard InChI is InChI=1S/C11H19N3O2S.ClH/c1-2-10(15)14-7-17-6-9(14)11(16)13-4-3-8(12)5-13;/h8-9H,2-7,12H2,1H3;1H/t8-,9?;/m1./s1. The zero-order valence-corrected chi connectivity index (χ0v) is 12.1. The third kappa shape index (κ3) is 3.10. The number of nitrogens with zero attached hydrogens (tertiary/aromatic N) is 2. The fraction of sp³-hybridized carbons (Fsp3) is 0.818. The largest absolute Gasteiger partial charge is 0.339 e. The molecule has 2 heterocycles. The van der Waals surface area contributed by atoms with Gasteiger partial charge in [-0.3, -0.25) is 9.59 Å². The maximum absolute atomic E-state index is 12.3. The molecule has 2 atom stereocenters. The summed E-state index contributed by atoms with van der Waals surface area (Å²) in [6.45, 7) is 3.20. The number of carbonyl (C=O) groups excluding carboxylic acids is 2. The highest BCUT2D eigenvalue weighted by Gasteiger charge is 2.37. The first-order chi connectivity index (χ1) is 8.13. The fourth-order valence-corrected chi connectivity index (χ4v) is 3.47. The molecule has 18 heavy (non-hydrogen) atoms. The first kappa shape index (κ1) is 15.6. The molecule has 0 aliphatic carbocycles. The number of amides is 2. The summed E-state index contributed by atoms with van der Waals surface area (Å²) in [4.78, 5) is 27.5. The number of carbonyl (C=O) groups is 2. The van der Waals surface area contributed by atoms with Crippen molar-refractivity contribution in [1.29, 1.82) is 0 Å². The monoisotopic (exact) mass is 293 g/mol. The Hall–Kier alpha value is -0.460. The molecule has 2 N–H and O–H groups in total. The molecule has 2 fully saturated rings.